The van der Waals surface area contributed by atoms with Gasteiger partial charge in [0.05, 0.1) is 5.38 Å². The Hall–Kier alpha value is -1.28. The lowest BCUT2D eigenvalue weighted by molar-refractivity contribution is 0.504. The van der Waals surface area contributed by atoms with Crippen molar-refractivity contribution in [3.63, 3.8) is 0 Å². The minimum Gasteiger partial charge on any atom is -0.273 e. The van der Waals surface area contributed by atoms with Crippen LogP contribution in [0.25, 0.3) is 0 Å². The molecule has 1 aromatic heterocycles. The average molecular weight is 263 g/mol. The largest absolute Gasteiger partial charge is 0.273 e. The molecule has 0 spiro atoms. The lowest BCUT2D eigenvalue weighted by Gasteiger charge is -2.18. The van der Waals surface area contributed by atoms with Gasteiger partial charge >= 0.3 is 0 Å². The molecule has 0 radical (unpaired) electrons. The van der Waals surface area contributed by atoms with Gasteiger partial charge in [0.15, 0.2) is 0 Å². The fourth-order valence-corrected chi connectivity index (χ4v) is 2.41. The summed E-state index contributed by atoms with van der Waals surface area (Å²) in [4.78, 5) is 0. The highest BCUT2D eigenvalue weighted by Gasteiger charge is 2.16. The van der Waals surface area contributed by atoms with E-state index in [2.05, 4.69) is 30.2 Å². The van der Waals surface area contributed by atoms with Crippen molar-refractivity contribution < 1.29 is 0 Å². The summed E-state index contributed by atoms with van der Waals surface area (Å²) in [6, 6.07) is 12.4. The summed E-state index contributed by atoms with van der Waals surface area (Å²) in [5.41, 5.74) is 2.47. The molecule has 2 rings (SSSR count). The molecule has 96 valence electrons. The molecule has 0 bridgehead atoms. The molecule has 2 nitrogen and oxygen atoms in total. The van der Waals surface area contributed by atoms with Gasteiger partial charge in [-0.1, -0.05) is 37.3 Å². The van der Waals surface area contributed by atoms with Crippen molar-refractivity contribution in [1.29, 1.82) is 0 Å². The van der Waals surface area contributed by atoms with Crippen LogP contribution in [-0.4, -0.2) is 9.78 Å². The summed E-state index contributed by atoms with van der Waals surface area (Å²) in [5, 5.41) is 4.26. The number of rotatable bonds is 5. The third kappa shape index (κ3) is 3.14. The molecular formula is C15H19ClN2. The van der Waals surface area contributed by atoms with Crippen molar-refractivity contribution in [2.24, 2.45) is 13.0 Å². The Kier molecular flexibility index (Phi) is 4.43. The van der Waals surface area contributed by atoms with E-state index < -0.39 is 0 Å². The van der Waals surface area contributed by atoms with E-state index in [-0.39, 0.29) is 5.38 Å². The van der Waals surface area contributed by atoms with Crippen LogP contribution in [0.2, 0.25) is 0 Å². The third-order valence-electron chi connectivity index (χ3n) is 3.40. The molecule has 0 saturated heterocycles. The van der Waals surface area contributed by atoms with E-state index in [0.29, 0.717) is 5.92 Å². The van der Waals surface area contributed by atoms with Gasteiger partial charge in [-0.2, -0.15) is 5.10 Å². The number of alkyl halides is 1. The van der Waals surface area contributed by atoms with Gasteiger partial charge in [0.1, 0.15) is 0 Å². The first-order valence-corrected chi connectivity index (χ1v) is 6.78. The van der Waals surface area contributed by atoms with Crippen LogP contribution < -0.4 is 0 Å². The molecule has 2 aromatic rings. The van der Waals surface area contributed by atoms with Gasteiger partial charge in [0.2, 0.25) is 0 Å². The van der Waals surface area contributed by atoms with E-state index in [9.17, 15) is 0 Å². The molecule has 0 aliphatic carbocycles. The van der Waals surface area contributed by atoms with Gasteiger partial charge in [-0.25, -0.2) is 0 Å². The van der Waals surface area contributed by atoms with E-state index >= 15 is 0 Å². The lowest BCUT2D eigenvalue weighted by atomic mass is 9.95. The van der Waals surface area contributed by atoms with Crippen molar-refractivity contribution in [2.75, 3.05) is 0 Å². The predicted octanol–water partition coefficient (Wildman–Crippen LogP) is 3.97. The summed E-state index contributed by atoms with van der Waals surface area (Å²) >= 11 is 6.51. The van der Waals surface area contributed by atoms with Crippen LogP contribution in [0.3, 0.4) is 0 Å². The maximum absolute atomic E-state index is 6.51. The number of aromatic nitrogens is 2. The van der Waals surface area contributed by atoms with Gasteiger partial charge in [-0.05, 0) is 30.4 Å². The zero-order valence-electron chi connectivity index (χ0n) is 10.9. The first kappa shape index (κ1) is 13.2. The maximum Gasteiger partial charge on any atom is 0.0610 e. The smallest absolute Gasteiger partial charge is 0.0610 e. The van der Waals surface area contributed by atoms with Crippen molar-refractivity contribution in [1.82, 2.24) is 9.78 Å². The van der Waals surface area contributed by atoms with Crippen molar-refractivity contribution in [3.05, 3.63) is 53.9 Å². The molecule has 3 heteroatoms. The van der Waals surface area contributed by atoms with Gasteiger partial charge in [-0.3, -0.25) is 4.68 Å². The first-order valence-electron chi connectivity index (χ1n) is 6.34. The highest BCUT2D eigenvalue weighted by Crippen LogP contribution is 2.31. The summed E-state index contributed by atoms with van der Waals surface area (Å²) < 4.78 is 1.93. The minimum atomic E-state index is 0.0828. The zero-order chi connectivity index (χ0) is 13.0. The van der Waals surface area contributed by atoms with Gasteiger partial charge < -0.3 is 0 Å². The van der Waals surface area contributed by atoms with Crippen molar-refractivity contribution in [3.8, 4) is 0 Å². The van der Waals surface area contributed by atoms with Crippen LogP contribution in [0.4, 0.5) is 0 Å². The Morgan fingerprint density at radius 3 is 2.56 bits per heavy atom. The SMILES string of the molecule is CC(CCc1ccnn1C)C(Cl)c1ccccc1. The molecule has 1 heterocycles. The Morgan fingerprint density at radius 1 is 1.22 bits per heavy atom. The second-order valence-electron chi connectivity index (χ2n) is 4.77. The number of hydrogen-bond donors (Lipinski definition) is 0. The molecule has 0 N–H and O–H groups in total. The molecule has 0 saturated carbocycles. The molecule has 0 aliphatic rings. The van der Waals surface area contributed by atoms with Crippen LogP contribution in [-0.2, 0) is 13.5 Å². The van der Waals surface area contributed by atoms with Gasteiger partial charge in [0, 0.05) is 18.9 Å². The second-order valence-corrected chi connectivity index (χ2v) is 5.24. The lowest BCUT2D eigenvalue weighted by Crippen LogP contribution is -2.07. The summed E-state index contributed by atoms with van der Waals surface area (Å²) in [6.07, 6.45) is 3.94. The highest BCUT2D eigenvalue weighted by atomic mass is 35.5. The molecule has 1 aromatic carbocycles. The number of aryl methyl sites for hydroxylation is 2. The Labute approximate surface area is 114 Å². The molecule has 0 aliphatic heterocycles. The Balaban J connectivity index is 1.92. The Bertz CT molecular complexity index is 478. The monoisotopic (exact) mass is 262 g/mol. The van der Waals surface area contributed by atoms with E-state index in [1.54, 1.807) is 0 Å². The standard InChI is InChI=1S/C15H19ClN2/c1-12(8-9-14-10-11-17-18(14)2)15(16)13-6-4-3-5-7-13/h3-7,10-12,15H,8-9H2,1-2H3. The van der Waals surface area contributed by atoms with Crippen molar-refractivity contribution in [2.45, 2.75) is 25.1 Å². The molecule has 2 unspecified atom stereocenters. The van der Waals surface area contributed by atoms with E-state index in [1.807, 2.05) is 36.1 Å². The highest BCUT2D eigenvalue weighted by molar-refractivity contribution is 6.20. The zero-order valence-corrected chi connectivity index (χ0v) is 11.6. The summed E-state index contributed by atoms with van der Waals surface area (Å²) in [7, 11) is 1.98. The molecular weight excluding hydrogens is 244 g/mol. The van der Waals surface area contributed by atoms with Crippen molar-refractivity contribution >= 4 is 11.6 Å². The number of nitrogens with zero attached hydrogens (tertiary/aromatic N) is 2. The normalized spacial score (nSPS) is 14.4. The maximum atomic E-state index is 6.51. The average Bonchev–Trinajstić information content (AvgIpc) is 2.81. The van der Waals surface area contributed by atoms with Crippen LogP contribution in [0.15, 0.2) is 42.6 Å². The van der Waals surface area contributed by atoms with E-state index in [1.165, 1.54) is 11.3 Å². The Morgan fingerprint density at radius 2 is 1.94 bits per heavy atom. The fraction of sp³-hybridized carbons (Fsp3) is 0.400. The van der Waals surface area contributed by atoms with Crippen LogP contribution in [0.1, 0.15) is 30.0 Å². The quantitative estimate of drug-likeness (QED) is 0.746. The van der Waals surface area contributed by atoms with Crippen LogP contribution in [0.5, 0.6) is 0 Å². The molecule has 0 amide bonds. The van der Waals surface area contributed by atoms with Crippen LogP contribution >= 0.6 is 11.6 Å². The number of halogens is 1. The molecule has 2 atom stereocenters. The van der Waals surface area contributed by atoms with E-state index in [4.69, 9.17) is 11.6 Å². The number of hydrogen-bond acceptors (Lipinski definition) is 1. The fourth-order valence-electron chi connectivity index (χ4n) is 2.13. The minimum absolute atomic E-state index is 0.0828. The summed E-state index contributed by atoms with van der Waals surface area (Å²) in [6.45, 7) is 2.21. The second kappa shape index (κ2) is 6.05. The molecule has 18 heavy (non-hydrogen) atoms. The third-order valence-corrected chi connectivity index (χ3v) is 4.08. The van der Waals surface area contributed by atoms with Crippen LogP contribution in [0, 0.1) is 5.92 Å². The van der Waals surface area contributed by atoms with Gasteiger partial charge in [-0.15, -0.1) is 11.6 Å². The van der Waals surface area contributed by atoms with E-state index in [0.717, 1.165) is 12.8 Å². The predicted molar refractivity (Wildman–Crippen MR) is 75.7 cm³/mol. The molecule has 0 fully saturated rings. The number of benzene rings is 1. The topological polar surface area (TPSA) is 17.8 Å². The summed E-state index contributed by atoms with van der Waals surface area (Å²) in [5.74, 6) is 0.448. The first-order chi connectivity index (χ1) is 8.68. The van der Waals surface area contributed by atoms with Gasteiger partial charge in [0.25, 0.3) is 0 Å².